The zero-order chi connectivity index (χ0) is 8.36. The summed E-state index contributed by atoms with van der Waals surface area (Å²) in [7, 11) is 0. The zero-order valence-corrected chi connectivity index (χ0v) is 13.2. The first-order valence-corrected chi connectivity index (χ1v) is 5.51. The number of unbranched alkanes of at least 4 members (excludes halogenated alkanes) is 7. The Labute approximate surface area is 103 Å². The fourth-order valence-electron chi connectivity index (χ4n) is 1.23. The molecule has 0 spiro atoms. The molecular weight excluding hydrogens is 268 g/mol. The molecule has 0 atom stereocenters. The molecule has 0 aromatic heterocycles. The van der Waals surface area contributed by atoms with E-state index >= 15 is 0 Å². The van der Waals surface area contributed by atoms with E-state index in [1.54, 1.807) is 0 Å². The van der Waals surface area contributed by atoms with Crippen LogP contribution in [0.4, 0.5) is 0 Å². The first-order valence-electron chi connectivity index (χ1n) is 4.97. The molecule has 0 rings (SSSR count). The van der Waals surface area contributed by atoms with E-state index in [2.05, 4.69) is 6.92 Å². The third-order valence-electron chi connectivity index (χ3n) is 1.99. The second kappa shape index (κ2) is 14.7. The topological polar surface area (TPSA) is 0 Å². The maximum atomic E-state index is 5.56. The Morgan fingerprint density at radius 3 is 1.58 bits per heavy atom. The monoisotopic (exact) mass is 290 g/mol. The van der Waals surface area contributed by atoms with Gasteiger partial charge in [-0.25, -0.2) is 0 Å². The normalized spacial score (nSPS) is 9.50. The number of hydrogen-bond acceptors (Lipinski definition) is 0. The molecule has 0 aliphatic heterocycles. The Kier molecular flexibility index (Phi) is 19.2. The third-order valence-corrected chi connectivity index (χ3v) is 2.25. The molecule has 0 nitrogen and oxygen atoms in total. The summed E-state index contributed by atoms with van der Waals surface area (Å²) >= 11 is 5.56. The Balaban J connectivity index is 0. The van der Waals surface area contributed by atoms with Crippen molar-refractivity contribution in [1.82, 2.24) is 0 Å². The molecule has 2 heteroatoms. The van der Waals surface area contributed by atoms with E-state index < -0.39 is 0 Å². The van der Waals surface area contributed by atoms with Crippen molar-refractivity contribution in [1.29, 1.82) is 0 Å². The number of rotatable bonds is 8. The average Bonchev–Trinajstić information content (AvgIpc) is 2.03. The molecule has 0 unspecified atom stereocenters. The van der Waals surface area contributed by atoms with Crippen LogP contribution in [0.15, 0.2) is 0 Å². The molecular formula is C10H21CdCl. The van der Waals surface area contributed by atoms with Gasteiger partial charge in [0.15, 0.2) is 0 Å². The van der Waals surface area contributed by atoms with Crippen LogP contribution in [-0.4, -0.2) is 5.88 Å². The molecule has 0 aromatic carbocycles. The van der Waals surface area contributed by atoms with Crippen molar-refractivity contribution < 1.29 is 27.3 Å². The summed E-state index contributed by atoms with van der Waals surface area (Å²) in [5.41, 5.74) is 0. The molecule has 0 aliphatic rings. The van der Waals surface area contributed by atoms with Crippen LogP contribution in [0.3, 0.4) is 0 Å². The molecule has 0 N–H and O–H groups in total. The van der Waals surface area contributed by atoms with E-state index in [4.69, 9.17) is 11.6 Å². The molecule has 0 aliphatic carbocycles. The summed E-state index contributed by atoms with van der Waals surface area (Å²) in [5.74, 6) is 0.842. The number of hydrogen-bond donors (Lipinski definition) is 0. The first-order chi connectivity index (χ1) is 5.41. The van der Waals surface area contributed by atoms with Crippen molar-refractivity contribution >= 4 is 11.6 Å². The van der Waals surface area contributed by atoms with Crippen molar-refractivity contribution in [3.63, 3.8) is 0 Å². The van der Waals surface area contributed by atoms with Crippen LogP contribution in [0.25, 0.3) is 0 Å². The van der Waals surface area contributed by atoms with Gasteiger partial charge in [0, 0.05) is 33.2 Å². The zero-order valence-electron chi connectivity index (χ0n) is 8.45. The molecule has 12 heavy (non-hydrogen) atoms. The Morgan fingerprint density at radius 2 is 1.17 bits per heavy atom. The maximum Gasteiger partial charge on any atom is 0.0223 e. The molecule has 0 radical (unpaired) electrons. The second-order valence-electron chi connectivity index (χ2n) is 3.16. The van der Waals surface area contributed by atoms with E-state index in [0.29, 0.717) is 0 Å². The second-order valence-corrected chi connectivity index (χ2v) is 3.54. The minimum Gasteiger partial charge on any atom is -0.127 e. The van der Waals surface area contributed by atoms with E-state index in [9.17, 15) is 0 Å². The van der Waals surface area contributed by atoms with Crippen LogP contribution < -0.4 is 0 Å². The van der Waals surface area contributed by atoms with Crippen LogP contribution in [-0.2, 0) is 27.3 Å². The molecule has 0 aromatic rings. The van der Waals surface area contributed by atoms with Gasteiger partial charge in [-0.05, 0) is 6.42 Å². The van der Waals surface area contributed by atoms with Crippen molar-refractivity contribution in [2.24, 2.45) is 0 Å². The minimum absolute atomic E-state index is 0. The van der Waals surface area contributed by atoms with Crippen molar-refractivity contribution in [3.8, 4) is 0 Å². The van der Waals surface area contributed by atoms with E-state index in [1.165, 1.54) is 51.4 Å². The summed E-state index contributed by atoms with van der Waals surface area (Å²) in [6.45, 7) is 2.26. The van der Waals surface area contributed by atoms with Crippen LogP contribution in [0.1, 0.15) is 58.3 Å². The van der Waals surface area contributed by atoms with Crippen LogP contribution >= 0.6 is 11.6 Å². The van der Waals surface area contributed by atoms with Gasteiger partial charge in [-0.15, -0.1) is 11.6 Å². The minimum atomic E-state index is 0. The van der Waals surface area contributed by atoms with Gasteiger partial charge in [0.2, 0.25) is 0 Å². The van der Waals surface area contributed by atoms with Gasteiger partial charge in [0.05, 0.1) is 0 Å². The van der Waals surface area contributed by atoms with Crippen LogP contribution in [0, 0.1) is 0 Å². The molecule has 0 fully saturated rings. The Morgan fingerprint density at radius 1 is 0.750 bits per heavy atom. The summed E-state index contributed by atoms with van der Waals surface area (Å²) in [6, 6.07) is 0. The molecule has 70 valence electrons. The van der Waals surface area contributed by atoms with Crippen molar-refractivity contribution in [3.05, 3.63) is 0 Å². The van der Waals surface area contributed by atoms with Gasteiger partial charge < -0.3 is 0 Å². The standard InChI is InChI=1S/C10H21Cl.Cd/c1-2-3-4-5-6-7-8-9-10-11;/h2-10H2,1H3;. The van der Waals surface area contributed by atoms with Crippen molar-refractivity contribution in [2.45, 2.75) is 58.3 Å². The number of alkyl halides is 1. The summed E-state index contributed by atoms with van der Waals surface area (Å²) < 4.78 is 0. The summed E-state index contributed by atoms with van der Waals surface area (Å²) in [5, 5.41) is 0. The molecule has 0 heterocycles. The molecule has 0 saturated carbocycles. The van der Waals surface area contributed by atoms with Crippen LogP contribution in [0.2, 0.25) is 0 Å². The molecule has 0 saturated heterocycles. The quantitative estimate of drug-likeness (QED) is 0.354. The maximum absolute atomic E-state index is 5.56. The predicted molar refractivity (Wildman–Crippen MR) is 53.3 cm³/mol. The SMILES string of the molecule is CCCCCCCCCCCl.[Cd]. The Bertz CT molecular complexity index is 58.9. The molecule has 0 bridgehead atoms. The van der Waals surface area contributed by atoms with Gasteiger partial charge in [-0.1, -0.05) is 51.9 Å². The van der Waals surface area contributed by atoms with Crippen LogP contribution in [0.5, 0.6) is 0 Å². The number of halogens is 1. The van der Waals surface area contributed by atoms with E-state index in [0.717, 1.165) is 5.88 Å². The van der Waals surface area contributed by atoms with E-state index in [1.807, 2.05) is 0 Å². The predicted octanol–water partition coefficient (Wildman–Crippen LogP) is 4.36. The van der Waals surface area contributed by atoms with Gasteiger partial charge in [-0.3, -0.25) is 0 Å². The van der Waals surface area contributed by atoms with Gasteiger partial charge in [-0.2, -0.15) is 0 Å². The summed E-state index contributed by atoms with van der Waals surface area (Å²) in [6.07, 6.45) is 10.9. The largest absolute Gasteiger partial charge is 0.127 e. The van der Waals surface area contributed by atoms with Gasteiger partial charge in [0.1, 0.15) is 0 Å². The van der Waals surface area contributed by atoms with E-state index in [-0.39, 0.29) is 27.3 Å². The van der Waals surface area contributed by atoms with Gasteiger partial charge in [0.25, 0.3) is 0 Å². The fourth-order valence-corrected chi connectivity index (χ4v) is 1.42. The van der Waals surface area contributed by atoms with Gasteiger partial charge >= 0.3 is 0 Å². The smallest absolute Gasteiger partial charge is 0.0223 e. The Hall–Kier alpha value is 1.21. The third kappa shape index (κ3) is 13.8. The molecule has 0 amide bonds. The van der Waals surface area contributed by atoms with Crippen molar-refractivity contribution in [2.75, 3.05) is 5.88 Å². The first kappa shape index (κ1) is 15.7. The average molecular weight is 289 g/mol. The fraction of sp³-hybridized carbons (Fsp3) is 1.00. The summed E-state index contributed by atoms with van der Waals surface area (Å²) in [4.78, 5) is 0.